The summed E-state index contributed by atoms with van der Waals surface area (Å²) >= 11 is 0. The van der Waals surface area contributed by atoms with Gasteiger partial charge in [-0.3, -0.25) is 0 Å². The molecule has 7 nitrogen and oxygen atoms in total. The number of nitrogens with zero attached hydrogens (tertiary/aromatic N) is 4. The SMILES string of the molecule is CN(Cc1ccccc1)c1nncc(NC2CCS(=O)(=O)C2)n1. The smallest absolute Gasteiger partial charge is 0.247 e. The molecule has 1 N–H and O–H groups in total. The van der Waals surface area contributed by atoms with Crippen LogP contribution in [0.1, 0.15) is 12.0 Å². The number of hydrogen-bond donors (Lipinski definition) is 1. The second-order valence-electron chi connectivity index (χ2n) is 5.73. The molecular formula is C15H19N5O2S. The molecule has 1 fully saturated rings. The van der Waals surface area contributed by atoms with Gasteiger partial charge in [-0.25, -0.2) is 8.42 Å². The van der Waals surface area contributed by atoms with Gasteiger partial charge in [0.15, 0.2) is 15.7 Å². The molecule has 0 spiro atoms. The van der Waals surface area contributed by atoms with Gasteiger partial charge < -0.3 is 10.2 Å². The number of hydrogen-bond acceptors (Lipinski definition) is 7. The summed E-state index contributed by atoms with van der Waals surface area (Å²) in [5.41, 5.74) is 1.15. The van der Waals surface area contributed by atoms with Crippen molar-refractivity contribution in [2.24, 2.45) is 0 Å². The first-order valence-electron chi connectivity index (χ1n) is 7.43. The van der Waals surface area contributed by atoms with Crippen molar-refractivity contribution in [1.82, 2.24) is 15.2 Å². The van der Waals surface area contributed by atoms with Gasteiger partial charge in [0, 0.05) is 19.6 Å². The van der Waals surface area contributed by atoms with Gasteiger partial charge in [-0.05, 0) is 12.0 Å². The van der Waals surface area contributed by atoms with E-state index in [-0.39, 0.29) is 17.5 Å². The van der Waals surface area contributed by atoms with Crippen molar-refractivity contribution in [3.63, 3.8) is 0 Å². The largest absolute Gasteiger partial charge is 0.365 e. The Morgan fingerprint density at radius 3 is 2.78 bits per heavy atom. The minimum Gasteiger partial charge on any atom is -0.365 e. The zero-order valence-electron chi connectivity index (χ0n) is 12.9. The maximum Gasteiger partial charge on any atom is 0.247 e. The molecule has 122 valence electrons. The highest BCUT2D eigenvalue weighted by atomic mass is 32.2. The Morgan fingerprint density at radius 2 is 2.09 bits per heavy atom. The average molecular weight is 333 g/mol. The minimum absolute atomic E-state index is 0.107. The lowest BCUT2D eigenvalue weighted by Gasteiger charge is -2.18. The Morgan fingerprint density at radius 1 is 1.30 bits per heavy atom. The predicted molar refractivity (Wildman–Crippen MR) is 89.1 cm³/mol. The van der Waals surface area contributed by atoms with Crippen LogP contribution < -0.4 is 10.2 Å². The van der Waals surface area contributed by atoms with Crippen molar-refractivity contribution in [3.05, 3.63) is 42.1 Å². The Bertz CT molecular complexity index is 766. The Balaban J connectivity index is 1.67. The summed E-state index contributed by atoms with van der Waals surface area (Å²) in [7, 11) is -1.02. The van der Waals surface area contributed by atoms with Gasteiger partial charge in [0.25, 0.3) is 0 Å². The number of sulfone groups is 1. The first kappa shape index (κ1) is 15.7. The average Bonchev–Trinajstić information content (AvgIpc) is 2.87. The summed E-state index contributed by atoms with van der Waals surface area (Å²) in [5, 5.41) is 11.1. The van der Waals surface area contributed by atoms with Crippen LogP contribution in [0.25, 0.3) is 0 Å². The minimum atomic E-state index is -2.92. The molecule has 1 atom stereocenters. The van der Waals surface area contributed by atoms with E-state index in [1.54, 1.807) is 0 Å². The Hall–Kier alpha value is -2.22. The second-order valence-corrected chi connectivity index (χ2v) is 7.96. The first-order chi connectivity index (χ1) is 11.0. The van der Waals surface area contributed by atoms with Crippen molar-refractivity contribution in [2.75, 3.05) is 28.8 Å². The number of benzene rings is 1. The molecular weight excluding hydrogens is 314 g/mol. The monoisotopic (exact) mass is 333 g/mol. The summed E-state index contributed by atoms with van der Waals surface area (Å²) in [4.78, 5) is 6.33. The number of nitrogens with one attached hydrogen (secondary N) is 1. The van der Waals surface area contributed by atoms with E-state index in [2.05, 4.69) is 20.5 Å². The van der Waals surface area contributed by atoms with E-state index in [1.165, 1.54) is 6.20 Å². The molecule has 1 unspecified atom stereocenters. The summed E-state index contributed by atoms with van der Waals surface area (Å²) < 4.78 is 23.0. The first-order valence-corrected chi connectivity index (χ1v) is 9.26. The van der Waals surface area contributed by atoms with Gasteiger partial charge in [-0.15, -0.1) is 5.10 Å². The highest BCUT2D eigenvalue weighted by Crippen LogP contribution is 2.17. The van der Waals surface area contributed by atoms with Crippen LogP contribution in [0.3, 0.4) is 0 Å². The van der Waals surface area contributed by atoms with E-state index in [1.807, 2.05) is 42.3 Å². The highest BCUT2D eigenvalue weighted by molar-refractivity contribution is 7.91. The third-order valence-electron chi connectivity index (χ3n) is 3.74. The van der Waals surface area contributed by atoms with E-state index in [0.717, 1.165) is 5.56 Å². The molecule has 8 heteroatoms. The lowest BCUT2D eigenvalue weighted by Crippen LogP contribution is -2.24. The molecule has 1 saturated heterocycles. The molecule has 1 aromatic heterocycles. The fourth-order valence-corrected chi connectivity index (χ4v) is 4.24. The van der Waals surface area contributed by atoms with Crippen molar-refractivity contribution >= 4 is 21.6 Å². The third-order valence-corrected chi connectivity index (χ3v) is 5.50. The van der Waals surface area contributed by atoms with Gasteiger partial charge in [0.05, 0.1) is 17.7 Å². The molecule has 0 aliphatic carbocycles. The van der Waals surface area contributed by atoms with Crippen LogP contribution in [0.4, 0.5) is 11.8 Å². The lowest BCUT2D eigenvalue weighted by molar-refractivity contribution is 0.602. The zero-order chi connectivity index (χ0) is 16.3. The van der Waals surface area contributed by atoms with Crippen LogP contribution in [0.15, 0.2) is 36.5 Å². The van der Waals surface area contributed by atoms with E-state index in [9.17, 15) is 8.42 Å². The van der Waals surface area contributed by atoms with Crippen LogP contribution in [-0.2, 0) is 16.4 Å². The van der Waals surface area contributed by atoms with Crippen molar-refractivity contribution < 1.29 is 8.42 Å². The second kappa shape index (κ2) is 6.49. The molecule has 23 heavy (non-hydrogen) atoms. The maximum absolute atomic E-state index is 11.5. The lowest BCUT2D eigenvalue weighted by atomic mass is 10.2. The van der Waals surface area contributed by atoms with Crippen molar-refractivity contribution in [1.29, 1.82) is 0 Å². The van der Waals surface area contributed by atoms with E-state index >= 15 is 0 Å². The molecule has 0 amide bonds. The molecule has 1 aliphatic heterocycles. The summed E-state index contributed by atoms with van der Waals surface area (Å²) in [6.45, 7) is 0.670. The van der Waals surface area contributed by atoms with Crippen LogP contribution in [0.5, 0.6) is 0 Å². The van der Waals surface area contributed by atoms with Crippen molar-refractivity contribution in [3.8, 4) is 0 Å². The van der Waals surface area contributed by atoms with Gasteiger partial charge in [-0.2, -0.15) is 10.1 Å². The standard InChI is InChI=1S/C15H19N5O2S/c1-20(10-12-5-3-2-4-6-12)15-18-14(9-16-19-15)17-13-7-8-23(21,22)11-13/h2-6,9,13H,7-8,10-11H2,1H3,(H,17,18,19). The number of anilines is 2. The van der Waals surface area contributed by atoms with Gasteiger partial charge >= 0.3 is 0 Å². The molecule has 3 rings (SSSR count). The Labute approximate surface area is 135 Å². The number of aromatic nitrogens is 3. The fraction of sp³-hybridized carbons (Fsp3) is 0.400. The molecule has 2 heterocycles. The molecule has 0 bridgehead atoms. The quantitative estimate of drug-likeness (QED) is 0.876. The molecule has 1 aliphatic rings. The van der Waals surface area contributed by atoms with E-state index < -0.39 is 9.84 Å². The normalized spacial score (nSPS) is 19.4. The van der Waals surface area contributed by atoms with Crippen LogP contribution in [0, 0.1) is 0 Å². The predicted octanol–water partition coefficient (Wildman–Crippen LogP) is 1.11. The van der Waals surface area contributed by atoms with Crippen molar-refractivity contribution in [2.45, 2.75) is 19.0 Å². The maximum atomic E-state index is 11.5. The topological polar surface area (TPSA) is 88.1 Å². The van der Waals surface area contributed by atoms with E-state index in [0.29, 0.717) is 24.7 Å². The van der Waals surface area contributed by atoms with Gasteiger partial charge in [-0.1, -0.05) is 30.3 Å². The highest BCUT2D eigenvalue weighted by Gasteiger charge is 2.28. The summed E-state index contributed by atoms with van der Waals surface area (Å²) in [6.07, 6.45) is 2.12. The van der Waals surface area contributed by atoms with Crippen LogP contribution in [0.2, 0.25) is 0 Å². The third kappa shape index (κ3) is 4.16. The Kier molecular flexibility index (Phi) is 4.42. The number of rotatable bonds is 5. The molecule has 0 radical (unpaired) electrons. The molecule has 1 aromatic carbocycles. The van der Waals surface area contributed by atoms with Crippen LogP contribution in [-0.4, -0.2) is 48.2 Å². The van der Waals surface area contributed by atoms with Crippen LogP contribution >= 0.6 is 0 Å². The zero-order valence-corrected chi connectivity index (χ0v) is 13.7. The van der Waals surface area contributed by atoms with E-state index in [4.69, 9.17) is 0 Å². The molecule has 0 saturated carbocycles. The van der Waals surface area contributed by atoms with Gasteiger partial charge in [0.2, 0.25) is 5.95 Å². The molecule has 2 aromatic rings. The summed E-state index contributed by atoms with van der Waals surface area (Å²) in [6, 6.07) is 9.91. The fourth-order valence-electron chi connectivity index (χ4n) is 2.57. The summed E-state index contributed by atoms with van der Waals surface area (Å²) in [5.74, 6) is 1.42. The van der Waals surface area contributed by atoms with Gasteiger partial charge in [0.1, 0.15) is 0 Å².